The molecule has 1 N–H and O–H groups in total. The second-order valence-electron chi connectivity index (χ2n) is 7.76. The number of aliphatic hydroxyl groups is 1. The van der Waals surface area contributed by atoms with Gasteiger partial charge in [0.2, 0.25) is 0 Å². The summed E-state index contributed by atoms with van der Waals surface area (Å²) in [6.07, 6.45) is 3.29. The van der Waals surface area contributed by atoms with Crippen molar-refractivity contribution in [2.45, 2.75) is 19.5 Å². The highest BCUT2D eigenvalue weighted by Gasteiger charge is 2.47. The van der Waals surface area contributed by atoms with Crippen LogP contribution in [0.15, 0.2) is 89.1 Å². The number of carbonyl (C=O) groups is 2. The molecule has 0 radical (unpaired) electrons. The van der Waals surface area contributed by atoms with Gasteiger partial charge in [-0.2, -0.15) is 0 Å². The van der Waals surface area contributed by atoms with E-state index in [9.17, 15) is 14.7 Å². The summed E-state index contributed by atoms with van der Waals surface area (Å²) in [6.45, 7) is 1.96. The molecule has 0 aliphatic carbocycles. The lowest BCUT2D eigenvalue weighted by Gasteiger charge is -2.23. The average molecular weight is 424 g/mol. The fourth-order valence-corrected chi connectivity index (χ4v) is 4.20. The normalized spacial score (nSPS) is 17.9. The molecule has 0 saturated carbocycles. The molecular formula is C26H20N2O4. The van der Waals surface area contributed by atoms with Gasteiger partial charge in [-0.25, -0.2) is 0 Å². The Morgan fingerprint density at radius 2 is 1.84 bits per heavy atom. The summed E-state index contributed by atoms with van der Waals surface area (Å²) in [5.74, 6) is -0.564. The SMILES string of the molecule is Cc1ccc(C2/C(=C(/O)c3cccc4ccccc34)C(=O)C(=O)N2Cc2cccnc2)o1. The van der Waals surface area contributed by atoms with E-state index in [1.165, 1.54) is 4.90 Å². The van der Waals surface area contributed by atoms with Gasteiger partial charge in [-0.05, 0) is 41.5 Å². The van der Waals surface area contributed by atoms with Crippen LogP contribution in [-0.2, 0) is 16.1 Å². The van der Waals surface area contributed by atoms with E-state index in [4.69, 9.17) is 4.42 Å². The van der Waals surface area contributed by atoms with Gasteiger partial charge in [0.05, 0.1) is 5.57 Å². The number of fused-ring (bicyclic) bond motifs is 1. The van der Waals surface area contributed by atoms with E-state index >= 15 is 0 Å². The van der Waals surface area contributed by atoms with Crippen molar-refractivity contribution in [3.05, 3.63) is 107 Å². The van der Waals surface area contributed by atoms with Gasteiger partial charge >= 0.3 is 0 Å². The smallest absolute Gasteiger partial charge is 0.296 e. The molecule has 1 aliphatic heterocycles. The number of carbonyl (C=O) groups excluding carboxylic acids is 2. The number of hydrogen-bond acceptors (Lipinski definition) is 5. The Kier molecular flexibility index (Phi) is 4.82. The van der Waals surface area contributed by atoms with Gasteiger partial charge in [0.1, 0.15) is 23.3 Å². The van der Waals surface area contributed by atoms with Crippen LogP contribution in [0.2, 0.25) is 0 Å². The number of pyridine rings is 1. The third-order valence-corrected chi connectivity index (χ3v) is 5.69. The number of amides is 1. The summed E-state index contributed by atoms with van der Waals surface area (Å²) in [7, 11) is 0. The highest BCUT2D eigenvalue weighted by Crippen LogP contribution is 2.41. The molecule has 32 heavy (non-hydrogen) atoms. The van der Waals surface area contributed by atoms with Crippen LogP contribution in [0, 0.1) is 6.92 Å². The number of aromatic nitrogens is 1. The number of likely N-dealkylation sites (tertiary alicyclic amines) is 1. The highest BCUT2D eigenvalue weighted by molar-refractivity contribution is 6.46. The number of rotatable bonds is 4. The molecule has 1 aliphatic rings. The second-order valence-corrected chi connectivity index (χ2v) is 7.76. The predicted molar refractivity (Wildman–Crippen MR) is 119 cm³/mol. The zero-order valence-corrected chi connectivity index (χ0v) is 17.4. The van der Waals surface area contributed by atoms with Gasteiger partial charge in [-0.15, -0.1) is 0 Å². The molecule has 6 nitrogen and oxygen atoms in total. The van der Waals surface area contributed by atoms with Crippen LogP contribution in [0.3, 0.4) is 0 Å². The van der Waals surface area contributed by atoms with Crippen LogP contribution in [0.5, 0.6) is 0 Å². The highest BCUT2D eigenvalue weighted by atomic mass is 16.3. The first-order valence-corrected chi connectivity index (χ1v) is 10.3. The summed E-state index contributed by atoms with van der Waals surface area (Å²) < 4.78 is 5.83. The van der Waals surface area contributed by atoms with E-state index in [0.29, 0.717) is 17.1 Å². The van der Waals surface area contributed by atoms with Crippen molar-refractivity contribution in [1.82, 2.24) is 9.88 Å². The first kappa shape index (κ1) is 19.8. The van der Waals surface area contributed by atoms with E-state index in [2.05, 4.69) is 4.98 Å². The zero-order chi connectivity index (χ0) is 22.2. The molecule has 1 unspecified atom stereocenters. The first-order chi connectivity index (χ1) is 15.5. The van der Waals surface area contributed by atoms with E-state index in [1.807, 2.05) is 42.5 Å². The van der Waals surface area contributed by atoms with Crippen molar-refractivity contribution in [1.29, 1.82) is 0 Å². The lowest BCUT2D eigenvalue weighted by Crippen LogP contribution is -2.29. The molecular weight excluding hydrogens is 404 g/mol. The number of aryl methyl sites for hydroxylation is 1. The molecule has 2 aromatic carbocycles. The minimum Gasteiger partial charge on any atom is -0.507 e. The fraction of sp³-hybridized carbons (Fsp3) is 0.115. The van der Waals surface area contributed by atoms with Crippen LogP contribution in [0.4, 0.5) is 0 Å². The summed E-state index contributed by atoms with van der Waals surface area (Å²) in [5, 5.41) is 13.1. The number of aliphatic hydroxyl groups excluding tert-OH is 1. The second kappa shape index (κ2) is 7.81. The van der Waals surface area contributed by atoms with Crippen molar-refractivity contribution in [2.24, 2.45) is 0 Å². The third-order valence-electron chi connectivity index (χ3n) is 5.69. The number of ketones is 1. The first-order valence-electron chi connectivity index (χ1n) is 10.3. The van der Waals surface area contributed by atoms with Crippen molar-refractivity contribution < 1.29 is 19.1 Å². The molecule has 0 bridgehead atoms. The van der Waals surface area contributed by atoms with Gasteiger partial charge in [0.15, 0.2) is 0 Å². The Hall–Kier alpha value is -4.19. The Morgan fingerprint density at radius 3 is 2.59 bits per heavy atom. The van der Waals surface area contributed by atoms with Crippen molar-refractivity contribution in [2.75, 3.05) is 0 Å². The number of hydrogen-bond donors (Lipinski definition) is 1. The maximum Gasteiger partial charge on any atom is 0.296 e. The number of Topliss-reactive ketones (excluding diaryl/α,β-unsaturated/α-hetero) is 1. The molecule has 4 aromatic rings. The lowest BCUT2D eigenvalue weighted by molar-refractivity contribution is -0.140. The molecule has 2 aromatic heterocycles. The largest absolute Gasteiger partial charge is 0.507 e. The molecule has 3 heterocycles. The molecule has 1 saturated heterocycles. The van der Waals surface area contributed by atoms with Crippen molar-refractivity contribution in [3.63, 3.8) is 0 Å². The van der Waals surface area contributed by atoms with E-state index in [-0.39, 0.29) is 17.9 Å². The van der Waals surface area contributed by atoms with Crippen molar-refractivity contribution in [3.8, 4) is 0 Å². The fourth-order valence-electron chi connectivity index (χ4n) is 4.20. The van der Waals surface area contributed by atoms with Gasteiger partial charge in [-0.1, -0.05) is 48.5 Å². The molecule has 6 heteroatoms. The van der Waals surface area contributed by atoms with Crippen molar-refractivity contribution >= 4 is 28.2 Å². The summed E-state index contributed by atoms with van der Waals surface area (Å²) >= 11 is 0. The van der Waals surface area contributed by atoms with Crippen LogP contribution >= 0.6 is 0 Å². The van der Waals surface area contributed by atoms with E-state index in [1.54, 1.807) is 43.6 Å². The van der Waals surface area contributed by atoms with E-state index in [0.717, 1.165) is 16.3 Å². The minimum absolute atomic E-state index is 0.0181. The quantitative estimate of drug-likeness (QED) is 0.290. The Labute approximate surface area is 184 Å². The van der Waals surface area contributed by atoms with Gasteiger partial charge in [0, 0.05) is 24.5 Å². The maximum absolute atomic E-state index is 13.2. The summed E-state index contributed by atoms with van der Waals surface area (Å²) in [4.78, 5) is 31.8. The molecule has 0 spiro atoms. The Bertz CT molecular complexity index is 1370. The van der Waals surface area contributed by atoms with Crippen LogP contribution in [0.1, 0.15) is 28.7 Å². The van der Waals surface area contributed by atoms with Gasteiger partial charge in [-0.3, -0.25) is 14.6 Å². The van der Waals surface area contributed by atoms with Gasteiger partial charge in [0.25, 0.3) is 11.7 Å². The Morgan fingerprint density at radius 1 is 1.03 bits per heavy atom. The standard InChI is InChI=1S/C26H20N2O4/c1-16-11-12-21(32-16)23-22(24(29)20-10-4-8-18-7-2-3-9-19(18)20)25(30)26(31)28(23)15-17-6-5-13-27-14-17/h2-14,23,29H,15H2,1H3/b24-22-. The van der Waals surface area contributed by atoms with Crippen LogP contribution in [-0.4, -0.2) is 26.7 Å². The molecule has 5 rings (SSSR count). The Balaban J connectivity index is 1.70. The third kappa shape index (κ3) is 3.26. The van der Waals surface area contributed by atoms with Gasteiger partial charge < -0.3 is 14.4 Å². The molecule has 158 valence electrons. The summed E-state index contributed by atoms with van der Waals surface area (Å²) in [6, 6.07) is 19.3. The zero-order valence-electron chi connectivity index (χ0n) is 17.4. The number of benzene rings is 2. The molecule has 1 amide bonds. The lowest BCUT2D eigenvalue weighted by atomic mass is 9.96. The average Bonchev–Trinajstić information content (AvgIpc) is 3.35. The predicted octanol–water partition coefficient (Wildman–Crippen LogP) is 4.76. The summed E-state index contributed by atoms with van der Waals surface area (Å²) in [5.41, 5.74) is 1.29. The van der Waals surface area contributed by atoms with E-state index < -0.39 is 17.7 Å². The monoisotopic (exact) mass is 424 g/mol. The maximum atomic E-state index is 13.2. The van der Waals surface area contributed by atoms with Crippen LogP contribution in [0.25, 0.3) is 16.5 Å². The molecule has 1 fully saturated rings. The minimum atomic E-state index is -0.845. The van der Waals surface area contributed by atoms with Crippen LogP contribution < -0.4 is 0 Å². The number of nitrogens with zero attached hydrogens (tertiary/aromatic N) is 2. The topological polar surface area (TPSA) is 83.6 Å². The number of furan rings is 1. The molecule has 1 atom stereocenters.